The van der Waals surface area contributed by atoms with Gasteiger partial charge in [-0.15, -0.1) is 0 Å². The van der Waals surface area contributed by atoms with E-state index in [9.17, 15) is 14.4 Å². The molecule has 0 saturated carbocycles. The topological polar surface area (TPSA) is 104 Å². The molecule has 0 heterocycles. The minimum absolute atomic E-state index is 0.0899. The van der Waals surface area contributed by atoms with Crippen molar-refractivity contribution in [3.05, 3.63) is 0 Å². The maximum Gasteiger partial charge on any atom is 0.326 e. The Hall–Kier alpha value is -1.59. The summed E-state index contributed by atoms with van der Waals surface area (Å²) in [5.74, 6) is -2.58. The lowest BCUT2D eigenvalue weighted by Gasteiger charge is -2.13. The van der Waals surface area contributed by atoms with E-state index in [1.807, 2.05) is 0 Å². The Morgan fingerprint density at radius 1 is 0.905 bits per heavy atom. The summed E-state index contributed by atoms with van der Waals surface area (Å²) in [6.45, 7) is 2.16. The van der Waals surface area contributed by atoms with E-state index >= 15 is 0 Å². The first-order chi connectivity index (χ1) is 9.97. The Kier molecular flexibility index (Phi) is 11.3. The highest BCUT2D eigenvalue weighted by molar-refractivity contribution is 5.83. The second-order valence-electron chi connectivity index (χ2n) is 5.26. The minimum atomic E-state index is -1.19. The van der Waals surface area contributed by atoms with E-state index in [4.69, 9.17) is 10.2 Å². The molecule has 0 aromatic rings. The van der Waals surface area contributed by atoms with Gasteiger partial charge in [0.1, 0.15) is 6.04 Å². The fourth-order valence-electron chi connectivity index (χ4n) is 2.03. The lowest BCUT2D eigenvalue weighted by Crippen LogP contribution is -2.41. The Morgan fingerprint density at radius 3 is 2.00 bits per heavy atom. The third kappa shape index (κ3) is 11.9. The first-order valence-electron chi connectivity index (χ1n) is 7.71. The van der Waals surface area contributed by atoms with Crippen molar-refractivity contribution in [1.29, 1.82) is 0 Å². The zero-order chi connectivity index (χ0) is 16.1. The molecule has 0 saturated heterocycles. The predicted molar refractivity (Wildman–Crippen MR) is 79.0 cm³/mol. The number of hydrogen-bond acceptors (Lipinski definition) is 3. The molecule has 0 aliphatic carbocycles. The van der Waals surface area contributed by atoms with Crippen LogP contribution in [-0.4, -0.2) is 34.1 Å². The van der Waals surface area contributed by atoms with Crippen LogP contribution in [0.1, 0.15) is 71.1 Å². The smallest absolute Gasteiger partial charge is 0.326 e. The molecule has 122 valence electrons. The predicted octanol–water partition coefficient (Wildman–Crippen LogP) is 2.56. The van der Waals surface area contributed by atoms with Crippen molar-refractivity contribution >= 4 is 17.8 Å². The summed E-state index contributed by atoms with van der Waals surface area (Å²) >= 11 is 0. The van der Waals surface area contributed by atoms with E-state index in [2.05, 4.69) is 12.2 Å². The van der Waals surface area contributed by atoms with Crippen molar-refractivity contribution in [1.82, 2.24) is 5.32 Å². The van der Waals surface area contributed by atoms with Gasteiger partial charge in [-0.25, -0.2) is 4.79 Å². The van der Waals surface area contributed by atoms with E-state index < -0.39 is 18.0 Å². The number of carboxylic acids is 2. The lowest BCUT2D eigenvalue weighted by molar-refractivity contribution is -0.143. The number of carbonyl (C=O) groups is 3. The SMILES string of the molecule is CCCCCCCCCC(=O)N[C@H](CCC(=O)O)C(=O)O. The number of nitrogens with one attached hydrogen (secondary N) is 1. The molecule has 1 amide bonds. The van der Waals surface area contributed by atoms with Gasteiger partial charge in [-0.05, 0) is 12.8 Å². The number of amides is 1. The number of carboxylic acid groups (broad SMARTS) is 2. The van der Waals surface area contributed by atoms with Crippen molar-refractivity contribution in [3.63, 3.8) is 0 Å². The second kappa shape index (κ2) is 12.2. The molecule has 21 heavy (non-hydrogen) atoms. The Bertz CT molecular complexity index is 330. The summed E-state index contributed by atoms with van der Waals surface area (Å²) in [6, 6.07) is -1.11. The van der Waals surface area contributed by atoms with Crippen LogP contribution in [0.15, 0.2) is 0 Å². The summed E-state index contributed by atoms with van der Waals surface area (Å²) in [5, 5.41) is 19.8. The molecule has 0 aliphatic heterocycles. The Morgan fingerprint density at radius 2 is 1.48 bits per heavy atom. The highest BCUT2D eigenvalue weighted by Crippen LogP contribution is 2.08. The van der Waals surface area contributed by atoms with Gasteiger partial charge in [-0.2, -0.15) is 0 Å². The van der Waals surface area contributed by atoms with Crippen molar-refractivity contribution < 1.29 is 24.6 Å². The van der Waals surface area contributed by atoms with Gasteiger partial charge >= 0.3 is 11.9 Å². The van der Waals surface area contributed by atoms with Crippen molar-refractivity contribution in [3.8, 4) is 0 Å². The molecule has 0 aromatic heterocycles. The average molecular weight is 301 g/mol. The van der Waals surface area contributed by atoms with Crippen LogP contribution >= 0.6 is 0 Å². The summed E-state index contributed by atoms with van der Waals surface area (Å²) in [6.07, 6.45) is 7.57. The molecular weight excluding hydrogens is 274 g/mol. The van der Waals surface area contributed by atoms with Crippen LogP contribution in [0.2, 0.25) is 0 Å². The Balaban J connectivity index is 3.78. The molecule has 0 aromatic carbocycles. The van der Waals surface area contributed by atoms with Gasteiger partial charge in [0, 0.05) is 12.8 Å². The van der Waals surface area contributed by atoms with Crippen LogP contribution in [0, 0.1) is 0 Å². The summed E-state index contributed by atoms with van der Waals surface area (Å²) in [4.78, 5) is 33.0. The normalized spacial score (nSPS) is 11.9. The molecule has 0 aliphatic rings. The standard InChI is InChI=1S/C15H27NO5/c1-2-3-4-5-6-7-8-9-13(17)16-12(15(20)21)10-11-14(18)19/h12H,2-11H2,1H3,(H,16,17)(H,18,19)(H,20,21)/t12-/m1/s1. The molecule has 1 atom stereocenters. The minimum Gasteiger partial charge on any atom is -0.481 e. The van der Waals surface area contributed by atoms with Gasteiger partial charge < -0.3 is 15.5 Å². The molecule has 0 radical (unpaired) electrons. The van der Waals surface area contributed by atoms with Crippen LogP contribution in [0.4, 0.5) is 0 Å². The molecule has 6 heteroatoms. The third-order valence-electron chi connectivity index (χ3n) is 3.29. The van der Waals surface area contributed by atoms with Crippen LogP contribution in [-0.2, 0) is 14.4 Å². The van der Waals surface area contributed by atoms with E-state index in [-0.39, 0.29) is 18.7 Å². The molecule has 0 fully saturated rings. The van der Waals surface area contributed by atoms with Crippen LogP contribution < -0.4 is 5.32 Å². The van der Waals surface area contributed by atoms with Gasteiger partial charge in [0.2, 0.25) is 5.91 Å². The van der Waals surface area contributed by atoms with Crippen LogP contribution in [0.25, 0.3) is 0 Å². The van der Waals surface area contributed by atoms with Gasteiger partial charge in [-0.3, -0.25) is 9.59 Å². The quantitative estimate of drug-likeness (QED) is 0.454. The van der Waals surface area contributed by atoms with Gasteiger partial charge in [0.25, 0.3) is 0 Å². The molecule has 6 nitrogen and oxygen atoms in total. The lowest BCUT2D eigenvalue weighted by atomic mass is 10.1. The zero-order valence-electron chi connectivity index (χ0n) is 12.8. The van der Waals surface area contributed by atoms with E-state index in [1.165, 1.54) is 25.7 Å². The molecule has 0 unspecified atom stereocenters. The van der Waals surface area contributed by atoms with Gasteiger partial charge in [0.05, 0.1) is 0 Å². The molecule has 0 bridgehead atoms. The fourth-order valence-corrected chi connectivity index (χ4v) is 2.03. The molecule has 0 spiro atoms. The third-order valence-corrected chi connectivity index (χ3v) is 3.29. The number of aliphatic carboxylic acids is 2. The molecule has 0 rings (SSSR count). The van der Waals surface area contributed by atoms with Crippen LogP contribution in [0.3, 0.4) is 0 Å². The Labute approximate surface area is 125 Å². The van der Waals surface area contributed by atoms with E-state index in [1.54, 1.807) is 0 Å². The summed E-state index contributed by atoms with van der Waals surface area (Å²) in [7, 11) is 0. The summed E-state index contributed by atoms with van der Waals surface area (Å²) in [5.41, 5.74) is 0. The highest BCUT2D eigenvalue weighted by Gasteiger charge is 2.20. The van der Waals surface area contributed by atoms with E-state index in [0.29, 0.717) is 6.42 Å². The summed E-state index contributed by atoms with van der Waals surface area (Å²) < 4.78 is 0. The first kappa shape index (κ1) is 19.4. The van der Waals surface area contributed by atoms with Crippen molar-refractivity contribution in [2.75, 3.05) is 0 Å². The van der Waals surface area contributed by atoms with Crippen molar-refractivity contribution in [2.45, 2.75) is 77.2 Å². The van der Waals surface area contributed by atoms with Crippen molar-refractivity contribution in [2.24, 2.45) is 0 Å². The fraction of sp³-hybridized carbons (Fsp3) is 0.800. The highest BCUT2D eigenvalue weighted by atomic mass is 16.4. The maximum atomic E-state index is 11.6. The second-order valence-corrected chi connectivity index (χ2v) is 5.26. The zero-order valence-corrected chi connectivity index (χ0v) is 12.8. The number of carbonyl (C=O) groups excluding carboxylic acids is 1. The number of rotatable bonds is 13. The molecule has 3 N–H and O–H groups in total. The largest absolute Gasteiger partial charge is 0.481 e. The maximum absolute atomic E-state index is 11.6. The monoisotopic (exact) mass is 301 g/mol. The number of hydrogen-bond donors (Lipinski definition) is 3. The number of unbranched alkanes of at least 4 members (excludes halogenated alkanes) is 6. The van der Waals surface area contributed by atoms with Gasteiger partial charge in [-0.1, -0.05) is 45.4 Å². The van der Waals surface area contributed by atoms with E-state index in [0.717, 1.165) is 19.3 Å². The first-order valence-corrected chi connectivity index (χ1v) is 7.71. The average Bonchev–Trinajstić information content (AvgIpc) is 2.41. The van der Waals surface area contributed by atoms with Gasteiger partial charge in [0.15, 0.2) is 0 Å². The molecular formula is C15H27NO5. The van der Waals surface area contributed by atoms with Crippen LogP contribution in [0.5, 0.6) is 0 Å².